The smallest absolute Gasteiger partial charge is 0.274 e. The van der Waals surface area contributed by atoms with Gasteiger partial charge in [-0.05, 0) is 34.6 Å². The standard InChI is InChI=1S/C13H20N6O/c1-6-19-10(5)11(8(3)17-19)7(2)14-13(20)12-9(4)15-18-16-12/h7H,6H2,1-5H3,(H,14,20)(H,15,16,18)/t7-/m0/s1. The summed E-state index contributed by atoms with van der Waals surface area (Å²) >= 11 is 0. The number of H-pyrrole nitrogens is 1. The van der Waals surface area contributed by atoms with Crippen LogP contribution in [0.3, 0.4) is 0 Å². The minimum Gasteiger partial charge on any atom is -0.344 e. The molecule has 2 rings (SSSR count). The van der Waals surface area contributed by atoms with Crippen LogP contribution in [0.1, 0.15) is 53.0 Å². The number of amides is 1. The maximum Gasteiger partial charge on any atom is 0.274 e. The van der Waals surface area contributed by atoms with E-state index in [1.165, 1.54) is 0 Å². The minimum absolute atomic E-state index is 0.126. The van der Waals surface area contributed by atoms with Gasteiger partial charge in [0.1, 0.15) is 0 Å². The zero-order chi connectivity index (χ0) is 14.9. The molecule has 2 aromatic rings. The Labute approximate surface area is 117 Å². The lowest BCUT2D eigenvalue weighted by Gasteiger charge is -2.14. The third-order valence-corrected chi connectivity index (χ3v) is 3.45. The van der Waals surface area contributed by atoms with E-state index in [0.717, 1.165) is 23.5 Å². The second kappa shape index (κ2) is 5.44. The highest BCUT2D eigenvalue weighted by Crippen LogP contribution is 2.21. The monoisotopic (exact) mass is 276 g/mol. The van der Waals surface area contributed by atoms with Crippen molar-refractivity contribution in [2.45, 2.75) is 47.2 Å². The summed E-state index contributed by atoms with van der Waals surface area (Å²) < 4.78 is 1.94. The van der Waals surface area contributed by atoms with Crippen molar-refractivity contribution < 1.29 is 4.79 Å². The van der Waals surface area contributed by atoms with Crippen LogP contribution < -0.4 is 5.32 Å². The van der Waals surface area contributed by atoms with Crippen LogP contribution in [0, 0.1) is 20.8 Å². The van der Waals surface area contributed by atoms with Crippen LogP contribution in [0.2, 0.25) is 0 Å². The lowest BCUT2D eigenvalue weighted by molar-refractivity contribution is 0.0934. The second-order valence-corrected chi connectivity index (χ2v) is 4.85. The Bertz CT molecular complexity index is 627. The minimum atomic E-state index is -0.230. The summed E-state index contributed by atoms with van der Waals surface area (Å²) in [6.07, 6.45) is 0. The van der Waals surface area contributed by atoms with Gasteiger partial charge in [0.25, 0.3) is 5.91 Å². The van der Waals surface area contributed by atoms with Gasteiger partial charge in [-0.3, -0.25) is 9.48 Å². The summed E-state index contributed by atoms with van der Waals surface area (Å²) in [7, 11) is 0. The quantitative estimate of drug-likeness (QED) is 0.884. The average Bonchev–Trinajstić information content (AvgIpc) is 2.93. The van der Waals surface area contributed by atoms with Crippen LogP contribution in [-0.2, 0) is 6.54 Å². The van der Waals surface area contributed by atoms with E-state index in [1.807, 2.05) is 32.4 Å². The van der Waals surface area contributed by atoms with E-state index in [0.29, 0.717) is 11.4 Å². The Balaban J connectivity index is 2.21. The molecule has 20 heavy (non-hydrogen) atoms. The lowest BCUT2D eigenvalue weighted by atomic mass is 10.1. The first-order chi connectivity index (χ1) is 9.45. The van der Waals surface area contributed by atoms with Gasteiger partial charge in [-0.1, -0.05) is 0 Å². The average molecular weight is 276 g/mol. The zero-order valence-corrected chi connectivity index (χ0v) is 12.5. The number of nitrogens with zero attached hydrogens (tertiary/aromatic N) is 4. The van der Waals surface area contributed by atoms with E-state index in [9.17, 15) is 4.79 Å². The number of hydrogen-bond donors (Lipinski definition) is 2. The Kier molecular flexibility index (Phi) is 3.87. The van der Waals surface area contributed by atoms with E-state index in [4.69, 9.17) is 0 Å². The lowest BCUT2D eigenvalue weighted by Crippen LogP contribution is -2.28. The van der Waals surface area contributed by atoms with Gasteiger partial charge in [-0.2, -0.15) is 20.5 Å². The summed E-state index contributed by atoms with van der Waals surface area (Å²) in [6.45, 7) is 10.5. The zero-order valence-electron chi connectivity index (χ0n) is 12.5. The molecule has 2 aromatic heterocycles. The largest absolute Gasteiger partial charge is 0.344 e. The summed E-state index contributed by atoms with van der Waals surface area (Å²) in [4.78, 5) is 12.1. The van der Waals surface area contributed by atoms with E-state index < -0.39 is 0 Å². The van der Waals surface area contributed by atoms with Crippen molar-refractivity contribution in [1.82, 2.24) is 30.5 Å². The van der Waals surface area contributed by atoms with Gasteiger partial charge >= 0.3 is 0 Å². The third kappa shape index (κ3) is 2.43. The number of rotatable bonds is 4. The molecular weight excluding hydrogens is 256 g/mol. The Morgan fingerprint density at radius 3 is 2.50 bits per heavy atom. The van der Waals surface area contributed by atoms with Crippen molar-refractivity contribution in [3.05, 3.63) is 28.3 Å². The fourth-order valence-corrected chi connectivity index (χ4v) is 2.48. The molecule has 0 spiro atoms. The second-order valence-electron chi connectivity index (χ2n) is 4.85. The number of nitrogens with one attached hydrogen (secondary N) is 2. The molecule has 0 aliphatic rings. The summed E-state index contributed by atoms with van der Waals surface area (Å²) in [6, 6.07) is -0.126. The summed E-state index contributed by atoms with van der Waals surface area (Å²) in [5.74, 6) is -0.230. The fraction of sp³-hybridized carbons (Fsp3) is 0.538. The van der Waals surface area contributed by atoms with Crippen molar-refractivity contribution >= 4 is 5.91 Å². The van der Waals surface area contributed by atoms with Crippen LogP contribution in [0.15, 0.2) is 0 Å². The first-order valence-electron chi connectivity index (χ1n) is 6.67. The van der Waals surface area contributed by atoms with E-state index in [-0.39, 0.29) is 11.9 Å². The first-order valence-corrected chi connectivity index (χ1v) is 6.67. The Morgan fingerprint density at radius 1 is 1.30 bits per heavy atom. The van der Waals surface area contributed by atoms with Gasteiger partial charge < -0.3 is 5.32 Å². The maximum atomic E-state index is 12.1. The molecule has 1 atom stereocenters. The predicted molar refractivity (Wildman–Crippen MR) is 74.4 cm³/mol. The van der Waals surface area contributed by atoms with Crippen LogP contribution in [-0.4, -0.2) is 31.1 Å². The number of hydrogen-bond acceptors (Lipinski definition) is 4. The molecule has 1 amide bonds. The highest BCUT2D eigenvalue weighted by atomic mass is 16.2. The topological polar surface area (TPSA) is 88.5 Å². The SMILES string of the molecule is CCn1nc(C)c([C@H](C)NC(=O)c2n[nH]nc2C)c1C. The fourth-order valence-electron chi connectivity index (χ4n) is 2.48. The van der Waals surface area contributed by atoms with Gasteiger partial charge in [0.05, 0.1) is 17.4 Å². The summed E-state index contributed by atoms with van der Waals surface area (Å²) in [5, 5.41) is 17.6. The molecule has 0 unspecified atom stereocenters. The summed E-state index contributed by atoms with van der Waals surface area (Å²) in [5.41, 5.74) is 3.99. The molecule has 0 bridgehead atoms. The molecule has 2 N–H and O–H groups in total. The molecule has 108 valence electrons. The van der Waals surface area contributed by atoms with Gasteiger partial charge in [0, 0.05) is 17.8 Å². The van der Waals surface area contributed by atoms with Gasteiger partial charge in [-0.15, -0.1) is 0 Å². The molecule has 7 nitrogen and oxygen atoms in total. The third-order valence-electron chi connectivity index (χ3n) is 3.45. The molecule has 0 aliphatic heterocycles. The van der Waals surface area contributed by atoms with Gasteiger partial charge in [-0.25, -0.2) is 0 Å². The molecule has 0 fully saturated rings. The van der Waals surface area contributed by atoms with Crippen LogP contribution in [0.5, 0.6) is 0 Å². The van der Waals surface area contributed by atoms with E-state index in [2.05, 4.69) is 25.8 Å². The van der Waals surface area contributed by atoms with Crippen LogP contribution in [0.4, 0.5) is 0 Å². The number of aryl methyl sites for hydroxylation is 3. The number of aromatic nitrogens is 5. The highest BCUT2D eigenvalue weighted by Gasteiger charge is 2.21. The van der Waals surface area contributed by atoms with Crippen molar-refractivity contribution in [3.63, 3.8) is 0 Å². The van der Waals surface area contributed by atoms with Crippen LogP contribution >= 0.6 is 0 Å². The number of carbonyl (C=O) groups is 1. The van der Waals surface area contributed by atoms with Crippen molar-refractivity contribution in [2.24, 2.45) is 0 Å². The van der Waals surface area contributed by atoms with Gasteiger partial charge in [0.2, 0.25) is 0 Å². The predicted octanol–water partition coefficient (Wildman–Crippen LogP) is 1.44. The molecule has 2 heterocycles. The maximum absolute atomic E-state index is 12.1. The van der Waals surface area contributed by atoms with Crippen molar-refractivity contribution in [2.75, 3.05) is 0 Å². The molecule has 0 saturated heterocycles. The Hall–Kier alpha value is -2.18. The van der Waals surface area contributed by atoms with Crippen molar-refractivity contribution in [3.8, 4) is 0 Å². The molecule has 7 heteroatoms. The first kappa shape index (κ1) is 14.2. The van der Waals surface area contributed by atoms with E-state index in [1.54, 1.807) is 6.92 Å². The molecule has 0 aromatic carbocycles. The highest BCUT2D eigenvalue weighted by molar-refractivity contribution is 5.93. The number of carbonyl (C=O) groups excluding carboxylic acids is 1. The van der Waals surface area contributed by atoms with Crippen molar-refractivity contribution in [1.29, 1.82) is 0 Å². The molecular formula is C13H20N6O. The van der Waals surface area contributed by atoms with Gasteiger partial charge in [0.15, 0.2) is 5.69 Å². The normalized spacial score (nSPS) is 12.4. The molecule has 0 aliphatic carbocycles. The van der Waals surface area contributed by atoms with E-state index >= 15 is 0 Å². The molecule has 0 radical (unpaired) electrons. The Morgan fingerprint density at radius 2 is 2.00 bits per heavy atom. The van der Waals surface area contributed by atoms with Crippen LogP contribution in [0.25, 0.3) is 0 Å². The number of aromatic amines is 1. The molecule has 0 saturated carbocycles.